The number of hydrogen-bond donors (Lipinski definition) is 3. The van der Waals surface area contributed by atoms with Gasteiger partial charge in [-0.15, -0.1) is 12.4 Å². The highest BCUT2D eigenvalue weighted by atomic mass is 35.5. The molecule has 3 N–H and O–H groups in total. The zero-order valence-corrected chi connectivity index (χ0v) is 15.3. The van der Waals surface area contributed by atoms with Crippen molar-refractivity contribution >= 4 is 40.6 Å². The van der Waals surface area contributed by atoms with Crippen molar-refractivity contribution in [1.29, 1.82) is 0 Å². The van der Waals surface area contributed by atoms with Crippen LogP contribution in [0, 0.1) is 6.92 Å². The van der Waals surface area contributed by atoms with E-state index in [1.807, 2.05) is 50.4 Å². The molecule has 6 nitrogen and oxygen atoms in total. The number of halogens is 1. The molecule has 1 aromatic carbocycles. The lowest BCUT2D eigenvalue weighted by atomic mass is 10.2. The van der Waals surface area contributed by atoms with Crippen LogP contribution in [0.2, 0.25) is 0 Å². The van der Waals surface area contributed by atoms with Gasteiger partial charge in [-0.25, -0.2) is 9.29 Å². The number of pyridine rings is 1. The molecule has 1 aliphatic heterocycles. The molecule has 2 heterocycles. The maximum absolute atomic E-state index is 10.9. The maximum atomic E-state index is 10.9. The van der Waals surface area contributed by atoms with Crippen molar-refractivity contribution in [1.82, 2.24) is 10.3 Å². The van der Waals surface area contributed by atoms with Crippen molar-refractivity contribution in [2.45, 2.75) is 13.3 Å². The molecule has 24 heavy (non-hydrogen) atoms. The first-order valence-electron chi connectivity index (χ1n) is 7.58. The predicted molar refractivity (Wildman–Crippen MR) is 104 cm³/mol. The first-order chi connectivity index (χ1) is 11.1. The second-order valence-corrected chi connectivity index (χ2v) is 7.31. The van der Waals surface area contributed by atoms with E-state index in [4.69, 9.17) is 0 Å². The molecule has 0 spiro atoms. The SMILES string of the molecule is CNCCCN1c2ccccc2N(c2ccc(C)cn2)S1(O)O.Cl. The highest BCUT2D eigenvalue weighted by Crippen LogP contribution is 2.63. The lowest BCUT2D eigenvalue weighted by Gasteiger charge is -2.43. The Morgan fingerprint density at radius 1 is 1.12 bits per heavy atom. The average molecular weight is 371 g/mol. The second-order valence-electron chi connectivity index (χ2n) is 5.53. The summed E-state index contributed by atoms with van der Waals surface area (Å²) in [6.45, 7) is 3.33. The van der Waals surface area contributed by atoms with Gasteiger partial charge in [0.2, 0.25) is 0 Å². The molecule has 0 atom stereocenters. The summed E-state index contributed by atoms with van der Waals surface area (Å²) in [6, 6.07) is 11.3. The Hall–Kier alpha value is -1.51. The van der Waals surface area contributed by atoms with Crippen LogP contribution in [0.15, 0.2) is 42.6 Å². The van der Waals surface area contributed by atoms with E-state index in [2.05, 4.69) is 10.3 Å². The molecule has 0 aliphatic carbocycles. The largest absolute Gasteiger partial charge is 0.320 e. The molecule has 132 valence electrons. The number of aryl methyl sites for hydroxylation is 1. The molecule has 8 heteroatoms. The third-order valence-electron chi connectivity index (χ3n) is 3.80. The van der Waals surface area contributed by atoms with Gasteiger partial charge in [0.05, 0.1) is 11.4 Å². The summed E-state index contributed by atoms with van der Waals surface area (Å²) in [5.41, 5.74) is 2.63. The Balaban J connectivity index is 0.00000208. The molecule has 0 radical (unpaired) electrons. The Bertz CT molecular complexity index is 684. The molecule has 0 bridgehead atoms. The maximum Gasteiger partial charge on any atom is 0.153 e. The van der Waals surface area contributed by atoms with Gasteiger partial charge in [-0.1, -0.05) is 18.2 Å². The first kappa shape index (κ1) is 18.8. The van der Waals surface area contributed by atoms with Gasteiger partial charge >= 0.3 is 0 Å². The van der Waals surface area contributed by atoms with Crippen LogP contribution < -0.4 is 13.9 Å². The minimum Gasteiger partial charge on any atom is -0.320 e. The van der Waals surface area contributed by atoms with Crippen molar-refractivity contribution in [3.8, 4) is 0 Å². The van der Waals surface area contributed by atoms with Crippen LogP contribution in [-0.4, -0.2) is 34.2 Å². The average Bonchev–Trinajstić information content (AvgIpc) is 2.76. The number of nitrogens with one attached hydrogen (secondary N) is 1. The van der Waals surface area contributed by atoms with Crippen molar-refractivity contribution in [2.24, 2.45) is 0 Å². The third-order valence-corrected chi connectivity index (χ3v) is 5.65. The van der Waals surface area contributed by atoms with Gasteiger partial charge in [-0.05, 0) is 61.7 Å². The number of aromatic nitrogens is 1. The fourth-order valence-corrected chi connectivity index (χ4v) is 4.45. The van der Waals surface area contributed by atoms with Gasteiger partial charge in [-0.2, -0.15) is 0 Å². The fourth-order valence-electron chi connectivity index (χ4n) is 2.68. The standard InChI is InChI=1S/C16H22N4O2S.ClH/c1-13-8-9-16(18-12-13)20-15-7-4-3-6-14(15)19(23(20,21)22)11-5-10-17-2;/h3-4,6-9,12,17,21-22H,5,10-11H2,1-2H3;1H. The summed E-state index contributed by atoms with van der Waals surface area (Å²) in [6.07, 6.45) is 2.55. The van der Waals surface area contributed by atoms with E-state index in [1.165, 1.54) is 0 Å². The van der Waals surface area contributed by atoms with E-state index < -0.39 is 11.0 Å². The number of hydrogen-bond acceptors (Lipinski definition) is 6. The summed E-state index contributed by atoms with van der Waals surface area (Å²) in [7, 11) is -1.27. The highest BCUT2D eigenvalue weighted by molar-refractivity contribution is 8.27. The minimum atomic E-state index is -3.16. The van der Waals surface area contributed by atoms with Crippen LogP contribution in [-0.2, 0) is 0 Å². The number of para-hydroxylation sites is 2. The molecule has 0 saturated heterocycles. The van der Waals surface area contributed by atoms with Gasteiger partial charge in [-0.3, -0.25) is 13.4 Å². The molecule has 3 rings (SSSR count). The number of anilines is 3. The van der Waals surface area contributed by atoms with Crippen LogP contribution >= 0.6 is 23.4 Å². The number of benzene rings is 1. The molecule has 0 amide bonds. The van der Waals surface area contributed by atoms with E-state index >= 15 is 0 Å². The number of nitrogens with zero attached hydrogens (tertiary/aromatic N) is 3. The van der Waals surface area contributed by atoms with E-state index in [9.17, 15) is 9.11 Å². The van der Waals surface area contributed by atoms with Crippen molar-refractivity contribution in [3.05, 3.63) is 48.2 Å². The predicted octanol–water partition coefficient (Wildman–Crippen LogP) is 3.96. The summed E-state index contributed by atoms with van der Waals surface area (Å²) in [4.78, 5) is 4.37. The van der Waals surface area contributed by atoms with Gasteiger partial charge in [0.25, 0.3) is 0 Å². The normalized spacial score (nSPS) is 16.5. The first-order valence-corrected chi connectivity index (χ1v) is 9.04. The summed E-state index contributed by atoms with van der Waals surface area (Å²) in [5, 5.41) is 3.09. The van der Waals surface area contributed by atoms with E-state index in [1.54, 1.807) is 14.8 Å². The second kappa shape index (κ2) is 7.58. The van der Waals surface area contributed by atoms with Gasteiger partial charge in [0, 0.05) is 12.7 Å². The smallest absolute Gasteiger partial charge is 0.153 e. The Kier molecular flexibility index (Phi) is 5.95. The minimum absolute atomic E-state index is 0. The van der Waals surface area contributed by atoms with Crippen molar-refractivity contribution in [3.63, 3.8) is 0 Å². The summed E-state index contributed by atoms with van der Waals surface area (Å²) < 4.78 is 25.0. The third kappa shape index (κ3) is 3.31. The van der Waals surface area contributed by atoms with E-state index in [0.717, 1.165) is 29.9 Å². The highest BCUT2D eigenvalue weighted by Gasteiger charge is 2.41. The molecular weight excluding hydrogens is 348 g/mol. The van der Waals surface area contributed by atoms with E-state index in [0.29, 0.717) is 12.4 Å². The summed E-state index contributed by atoms with van der Waals surface area (Å²) >= 11 is 0. The molecule has 0 saturated carbocycles. The summed E-state index contributed by atoms with van der Waals surface area (Å²) in [5.74, 6) is 0.541. The van der Waals surface area contributed by atoms with Crippen LogP contribution in [0.25, 0.3) is 0 Å². The number of rotatable bonds is 5. The van der Waals surface area contributed by atoms with Gasteiger partial charge in [0.1, 0.15) is 0 Å². The van der Waals surface area contributed by atoms with Crippen molar-refractivity contribution in [2.75, 3.05) is 28.7 Å². The zero-order chi connectivity index (χ0) is 16.4. The molecule has 0 fully saturated rings. The quantitative estimate of drug-likeness (QED) is 0.692. The molecular formula is C16H23ClN4O2S. The van der Waals surface area contributed by atoms with Gasteiger partial charge < -0.3 is 5.32 Å². The monoisotopic (exact) mass is 370 g/mol. The Morgan fingerprint density at radius 3 is 2.46 bits per heavy atom. The molecule has 1 aliphatic rings. The molecule has 1 aromatic heterocycles. The van der Waals surface area contributed by atoms with Crippen molar-refractivity contribution < 1.29 is 9.11 Å². The molecule has 0 unspecified atom stereocenters. The lowest BCUT2D eigenvalue weighted by molar-refractivity contribution is 0.483. The lowest BCUT2D eigenvalue weighted by Crippen LogP contribution is -2.33. The topological polar surface area (TPSA) is 71.9 Å². The van der Waals surface area contributed by atoms with Crippen LogP contribution in [0.1, 0.15) is 12.0 Å². The van der Waals surface area contributed by atoms with Crippen LogP contribution in [0.3, 0.4) is 0 Å². The number of fused-ring (bicyclic) bond motifs is 1. The molecule has 2 aromatic rings. The Morgan fingerprint density at radius 2 is 1.83 bits per heavy atom. The van der Waals surface area contributed by atoms with Crippen LogP contribution in [0.5, 0.6) is 0 Å². The Labute approximate surface area is 150 Å². The van der Waals surface area contributed by atoms with E-state index in [-0.39, 0.29) is 12.4 Å². The fraction of sp³-hybridized carbons (Fsp3) is 0.312. The van der Waals surface area contributed by atoms with Gasteiger partial charge in [0.15, 0.2) is 5.82 Å². The van der Waals surface area contributed by atoms with Crippen LogP contribution in [0.4, 0.5) is 17.2 Å². The zero-order valence-electron chi connectivity index (χ0n) is 13.7.